The fourth-order valence-electron chi connectivity index (χ4n) is 1.97. The maximum absolute atomic E-state index is 12.3. The van der Waals surface area contributed by atoms with E-state index in [0.29, 0.717) is 10.7 Å². The van der Waals surface area contributed by atoms with Crippen LogP contribution in [0.3, 0.4) is 0 Å². The second kappa shape index (κ2) is 7.87. The predicted octanol–water partition coefficient (Wildman–Crippen LogP) is 4.61. The van der Waals surface area contributed by atoms with Crippen molar-refractivity contribution in [1.29, 1.82) is 5.26 Å². The molecule has 2 aromatic carbocycles. The van der Waals surface area contributed by atoms with Crippen molar-refractivity contribution in [2.24, 2.45) is 0 Å². The Labute approximate surface area is 150 Å². The Morgan fingerprint density at radius 3 is 2.42 bits per heavy atom. The van der Waals surface area contributed by atoms with Gasteiger partial charge in [0.05, 0.1) is 15.7 Å². The second-order valence-corrected chi connectivity index (χ2v) is 6.00. The number of anilines is 2. The highest BCUT2D eigenvalue weighted by molar-refractivity contribution is 6.44. The van der Waals surface area contributed by atoms with Crippen LogP contribution in [0.25, 0.3) is 6.08 Å². The molecule has 0 saturated heterocycles. The Hall–Kier alpha value is -2.48. The van der Waals surface area contributed by atoms with E-state index in [-0.39, 0.29) is 10.6 Å². The third kappa shape index (κ3) is 4.29. The van der Waals surface area contributed by atoms with Crippen LogP contribution in [0.5, 0.6) is 0 Å². The van der Waals surface area contributed by atoms with Crippen LogP contribution in [0, 0.1) is 11.3 Å². The smallest absolute Gasteiger partial charge is 0.266 e. The van der Waals surface area contributed by atoms with Crippen LogP contribution in [-0.4, -0.2) is 20.0 Å². The zero-order valence-corrected chi connectivity index (χ0v) is 14.7. The first-order chi connectivity index (χ1) is 11.4. The van der Waals surface area contributed by atoms with Crippen LogP contribution in [0.4, 0.5) is 11.4 Å². The van der Waals surface area contributed by atoms with Crippen LogP contribution < -0.4 is 10.2 Å². The van der Waals surface area contributed by atoms with Gasteiger partial charge in [0, 0.05) is 19.8 Å². The summed E-state index contributed by atoms with van der Waals surface area (Å²) < 4.78 is 0. The van der Waals surface area contributed by atoms with Gasteiger partial charge in [-0.1, -0.05) is 41.4 Å². The lowest BCUT2D eigenvalue weighted by atomic mass is 10.1. The van der Waals surface area contributed by atoms with Gasteiger partial charge in [0.1, 0.15) is 11.6 Å². The lowest BCUT2D eigenvalue weighted by Gasteiger charge is -2.12. The Morgan fingerprint density at radius 1 is 1.17 bits per heavy atom. The molecule has 0 atom stereocenters. The number of hydrogen-bond acceptors (Lipinski definition) is 3. The molecule has 0 saturated carbocycles. The number of nitriles is 1. The molecule has 6 heteroatoms. The maximum Gasteiger partial charge on any atom is 0.266 e. The summed E-state index contributed by atoms with van der Waals surface area (Å²) in [6.45, 7) is 0. The first kappa shape index (κ1) is 17.9. The van der Waals surface area contributed by atoms with Gasteiger partial charge in [-0.05, 0) is 35.9 Å². The highest BCUT2D eigenvalue weighted by Gasteiger charge is 2.12. The maximum atomic E-state index is 12.3. The molecule has 0 aliphatic carbocycles. The SMILES string of the molecule is CN(C)c1ccc(/C=C(/C#N)C(=O)Nc2cccc(Cl)c2Cl)cc1. The molecule has 0 spiro atoms. The molecule has 122 valence electrons. The highest BCUT2D eigenvalue weighted by atomic mass is 35.5. The standard InChI is InChI=1S/C18H15Cl2N3O/c1-23(2)14-8-6-12(7-9-14)10-13(11-21)18(24)22-16-5-3-4-15(19)17(16)20/h3-10H,1-2H3,(H,22,24)/b13-10-. The highest BCUT2D eigenvalue weighted by Crippen LogP contribution is 2.29. The van der Waals surface area contributed by atoms with E-state index < -0.39 is 5.91 Å². The van der Waals surface area contributed by atoms with Gasteiger partial charge < -0.3 is 10.2 Å². The van der Waals surface area contributed by atoms with E-state index in [9.17, 15) is 10.1 Å². The van der Waals surface area contributed by atoms with E-state index in [2.05, 4.69) is 5.32 Å². The third-order valence-electron chi connectivity index (χ3n) is 3.29. The van der Waals surface area contributed by atoms with Crippen LogP contribution in [0.2, 0.25) is 10.0 Å². The fourth-order valence-corrected chi connectivity index (χ4v) is 2.32. The molecule has 0 aromatic heterocycles. The first-order valence-electron chi connectivity index (χ1n) is 7.07. The van der Waals surface area contributed by atoms with Gasteiger partial charge in [0.15, 0.2) is 0 Å². The summed E-state index contributed by atoms with van der Waals surface area (Å²) in [5.41, 5.74) is 2.12. The predicted molar refractivity (Wildman–Crippen MR) is 99.5 cm³/mol. The first-order valence-corrected chi connectivity index (χ1v) is 7.82. The van der Waals surface area contributed by atoms with E-state index >= 15 is 0 Å². The van der Waals surface area contributed by atoms with Crippen molar-refractivity contribution >= 4 is 46.6 Å². The number of rotatable bonds is 4. The van der Waals surface area contributed by atoms with Crippen molar-refractivity contribution in [1.82, 2.24) is 0 Å². The van der Waals surface area contributed by atoms with Gasteiger partial charge in [0.2, 0.25) is 0 Å². The normalized spacial score (nSPS) is 10.9. The van der Waals surface area contributed by atoms with Crippen LogP contribution in [-0.2, 0) is 4.79 Å². The van der Waals surface area contributed by atoms with Crippen LogP contribution in [0.1, 0.15) is 5.56 Å². The van der Waals surface area contributed by atoms with Crippen molar-refractivity contribution < 1.29 is 4.79 Å². The van der Waals surface area contributed by atoms with Crippen molar-refractivity contribution in [3.05, 3.63) is 63.6 Å². The summed E-state index contributed by atoms with van der Waals surface area (Å²) in [5.74, 6) is -0.543. The largest absolute Gasteiger partial charge is 0.378 e. The van der Waals surface area contributed by atoms with Crippen molar-refractivity contribution in [2.45, 2.75) is 0 Å². The number of carbonyl (C=O) groups excluding carboxylic acids is 1. The van der Waals surface area contributed by atoms with Gasteiger partial charge in [-0.15, -0.1) is 0 Å². The molecule has 0 fully saturated rings. The summed E-state index contributed by atoms with van der Waals surface area (Å²) >= 11 is 12.0. The minimum Gasteiger partial charge on any atom is -0.378 e. The number of halogens is 2. The molecular formula is C18H15Cl2N3O. The van der Waals surface area contributed by atoms with Crippen LogP contribution >= 0.6 is 23.2 Å². The lowest BCUT2D eigenvalue weighted by Crippen LogP contribution is -2.13. The van der Waals surface area contributed by atoms with Gasteiger partial charge in [0.25, 0.3) is 5.91 Å². The molecule has 0 aliphatic rings. The van der Waals surface area contributed by atoms with Gasteiger partial charge in [-0.3, -0.25) is 4.79 Å². The second-order valence-electron chi connectivity index (χ2n) is 5.21. The molecule has 0 aliphatic heterocycles. The monoisotopic (exact) mass is 359 g/mol. The van der Waals surface area contributed by atoms with E-state index in [1.807, 2.05) is 49.3 Å². The molecular weight excluding hydrogens is 345 g/mol. The molecule has 4 nitrogen and oxygen atoms in total. The number of hydrogen-bond donors (Lipinski definition) is 1. The number of carbonyl (C=O) groups is 1. The number of nitrogens with one attached hydrogen (secondary N) is 1. The van der Waals surface area contributed by atoms with Crippen molar-refractivity contribution in [2.75, 3.05) is 24.3 Å². The average molecular weight is 360 g/mol. The molecule has 0 radical (unpaired) electrons. The zero-order chi connectivity index (χ0) is 17.7. The Kier molecular flexibility index (Phi) is 5.86. The van der Waals surface area contributed by atoms with E-state index in [4.69, 9.17) is 23.2 Å². The topological polar surface area (TPSA) is 56.1 Å². The van der Waals surface area contributed by atoms with Gasteiger partial charge in [-0.25, -0.2) is 0 Å². The number of amides is 1. The molecule has 0 heterocycles. The number of nitrogens with zero attached hydrogens (tertiary/aromatic N) is 2. The minimum absolute atomic E-state index is 0.0244. The summed E-state index contributed by atoms with van der Waals surface area (Å²) in [6, 6.07) is 14.3. The van der Waals surface area contributed by atoms with Gasteiger partial charge >= 0.3 is 0 Å². The molecule has 0 unspecified atom stereocenters. The molecule has 0 bridgehead atoms. The number of benzene rings is 2. The quantitative estimate of drug-likeness (QED) is 0.640. The summed E-state index contributed by atoms with van der Waals surface area (Å²) in [7, 11) is 3.88. The summed E-state index contributed by atoms with van der Waals surface area (Å²) in [5, 5.41) is 12.4. The average Bonchev–Trinajstić information content (AvgIpc) is 2.57. The Balaban J connectivity index is 2.22. The molecule has 1 amide bonds. The fraction of sp³-hybridized carbons (Fsp3) is 0.111. The lowest BCUT2D eigenvalue weighted by molar-refractivity contribution is -0.112. The van der Waals surface area contributed by atoms with Crippen molar-refractivity contribution in [3.8, 4) is 6.07 Å². The zero-order valence-electron chi connectivity index (χ0n) is 13.2. The minimum atomic E-state index is -0.543. The van der Waals surface area contributed by atoms with E-state index in [1.165, 1.54) is 6.08 Å². The van der Waals surface area contributed by atoms with E-state index in [1.54, 1.807) is 18.2 Å². The van der Waals surface area contributed by atoms with Gasteiger partial charge in [-0.2, -0.15) is 5.26 Å². The van der Waals surface area contributed by atoms with E-state index in [0.717, 1.165) is 11.3 Å². The molecule has 1 N–H and O–H groups in total. The third-order valence-corrected chi connectivity index (χ3v) is 4.10. The molecule has 24 heavy (non-hydrogen) atoms. The summed E-state index contributed by atoms with van der Waals surface area (Å²) in [6.07, 6.45) is 1.52. The Morgan fingerprint density at radius 2 is 1.83 bits per heavy atom. The van der Waals surface area contributed by atoms with Crippen LogP contribution in [0.15, 0.2) is 48.0 Å². The molecule has 2 rings (SSSR count). The molecule has 2 aromatic rings. The summed E-state index contributed by atoms with van der Waals surface area (Å²) in [4.78, 5) is 14.2. The Bertz CT molecular complexity index is 821. The van der Waals surface area contributed by atoms with Crippen molar-refractivity contribution in [3.63, 3.8) is 0 Å².